The highest BCUT2D eigenvalue weighted by molar-refractivity contribution is 5.74. The minimum Gasteiger partial charge on any atom is -0.487 e. The van der Waals surface area contributed by atoms with E-state index in [9.17, 15) is 4.39 Å². The van der Waals surface area contributed by atoms with Crippen LogP contribution in [-0.4, -0.2) is 34.1 Å². The van der Waals surface area contributed by atoms with Gasteiger partial charge in [-0.2, -0.15) is 0 Å². The Kier molecular flexibility index (Phi) is 4.39. The van der Waals surface area contributed by atoms with E-state index in [2.05, 4.69) is 25.6 Å². The molecule has 1 atom stereocenters. The zero-order valence-electron chi connectivity index (χ0n) is 13.6. The number of anilines is 1. The van der Waals surface area contributed by atoms with Crippen molar-refractivity contribution in [3.8, 4) is 5.75 Å². The summed E-state index contributed by atoms with van der Waals surface area (Å²) in [5.74, 6) is 0.413. The second-order valence-electron chi connectivity index (χ2n) is 5.95. The molecule has 1 aliphatic heterocycles. The maximum absolute atomic E-state index is 14.3. The number of ether oxygens (including phenoxy) is 1. The SMILES string of the molecule is Fc1cc2nccnc2cc1CNc1cnccc1O[C@@H]1CCNC1. The molecule has 0 unspecified atom stereocenters. The van der Waals surface area contributed by atoms with Gasteiger partial charge in [0, 0.05) is 49.4 Å². The lowest BCUT2D eigenvalue weighted by Crippen LogP contribution is -2.20. The molecule has 6 nitrogen and oxygen atoms in total. The van der Waals surface area contributed by atoms with Crippen molar-refractivity contribution in [3.05, 3.63) is 54.4 Å². The van der Waals surface area contributed by atoms with Gasteiger partial charge in [0.15, 0.2) is 0 Å². The topological polar surface area (TPSA) is 72.0 Å². The summed E-state index contributed by atoms with van der Waals surface area (Å²) in [6.45, 7) is 2.10. The maximum atomic E-state index is 14.3. The third-order valence-electron chi connectivity index (χ3n) is 4.20. The van der Waals surface area contributed by atoms with Gasteiger partial charge in [0.2, 0.25) is 0 Å². The van der Waals surface area contributed by atoms with Crippen molar-refractivity contribution < 1.29 is 9.13 Å². The van der Waals surface area contributed by atoms with E-state index >= 15 is 0 Å². The van der Waals surface area contributed by atoms with Crippen LogP contribution in [0.2, 0.25) is 0 Å². The number of halogens is 1. The minimum atomic E-state index is -0.313. The highest BCUT2D eigenvalue weighted by Gasteiger charge is 2.17. The molecule has 1 saturated heterocycles. The summed E-state index contributed by atoms with van der Waals surface area (Å²) in [7, 11) is 0. The van der Waals surface area contributed by atoms with Crippen molar-refractivity contribution in [2.45, 2.75) is 19.1 Å². The minimum absolute atomic E-state index is 0.149. The van der Waals surface area contributed by atoms with E-state index in [0.29, 0.717) is 23.1 Å². The van der Waals surface area contributed by atoms with Gasteiger partial charge in [-0.1, -0.05) is 0 Å². The van der Waals surface area contributed by atoms with E-state index in [0.717, 1.165) is 30.9 Å². The fourth-order valence-electron chi connectivity index (χ4n) is 2.88. The highest BCUT2D eigenvalue weighted by atomic mass is 19.1. The van der Waals surface area contributed by atoms with Gasteiger partial charge in [-0.05, 0) is 19.0 Å². The molecule has 2 N–H and O–H groups in total. The number of hydrogen-bond acceptors (Lipinski definition) is 6. The zero-order chi connectivity index (χ0) is 17.1. The molecule has 0 saturated carbocycles. The molecule has 1 fully saturated rings. The van der Waals surface area contributed by atoms with E-state index in [1.165, 1.54) is 6.07 Å². The molecule has 1 aromatic carbocycles. The Morgan fingerprint density at radius 3 is 2.84 bits per heavy atom. The molecule has 3 aromatic rings. The lowest BCUT2D eigenvalue weighted by Gasteiger charge is -2.16. The second kappa shape index (κ2) is 6.98. The summed E-state index contributed by atoms with van der Waals surface area (Å²) in [5.41, 5.74) is 2.47. The van der Waals surface area contributed by atoms with E-state index in [1.807, 2.05) is 6.07 Å². The van der Waals surface area contributed by atoms with Gasteiger partial charge >= 0.3 is 0 Å². The first-order chi connectivity index (χ1) is 12.3. The maximum Gasteiger partial charge on any atom is 0.146 e. The predicted octanol–water partition coefficient (Wildman–Crippen LogP) is 2.52. The fourth-order valence-corrected chi connectivity index (χ4v) is 2.88. The summed E-state index contributed by atoms with van der Waals surface area (Å²) in [5, 5.41) is 6.48. The molecule has 0 spiro atoms. The molecule has 128 valence electrons. The average Bonchev–Trinajstić information content (AvgIpc) is 3.14. The summed E-state index contributed by atoms with van der Waals surface area (Å²) < 4.78 is 20.3. The number of benzene rings is 1. The molecule has 0 amide bonds. The molecule has 3 heterocycles. The van der Waals surface area contributed by atoms with Crippen LogP contribution in [0.1, 0.15) is 12.0 Å². The molecule has 0 aliphatic carbocycles. The Balaban J connectivity index is 1.52. The Labute approximate surface area is 144 Å². The monoisotopic (exact) mass is 339 g/mol. The Morgan fingerprint density at radius 2 is 2.04 bits per heavy atom. The number of nitrogens with one attached hydrogen (secondary N) is 2. The number of nitrogens with zero attached hydrogens (tertiary/aromatic N) is 3. The third kappa shape index (κ3) is 3.51. The van der Waals surface area contributed by atoms with Crippen LogP contribution in [0.4, 0.5) is 10.1 Å². The van der Waals surface area contributed by atoms with Crippen LogP contribution < -0.4 is 15.4 Å². The molecular formula is C18H18FN5O. The highest BCUT2D eigenvalue weighted by Crippen LogP contribution is 2.26. The molecule has 1 aliphatic rings. The summed E-state index contributed by atoms with van der Waals surface area (Å²) in [6, 6.07) is 4.94. The second-order valence-corrected chi connectivity index (χ2v) is 5.95. The van der Waals surface area contributed by atoms with Crippen LogP contribution in [0, 0.1) is 5.82 Å². The van der Waals surface area contributed by atoms with E-state index < -0.39 is 0 Å². The van der Waals surface area contributed by atoms with Crippen molar-refractivity contribution in [2.75, 3.05) is 18.4 Å². The van der Waals surface area contributed by atoms with Gasteiger partial charge in [-0.3, -0.25) is 15.0 Å². The van der Waals surface area contributed by atoms with Crippen LogP contribution in [0.25, 0.3) is 11.0 Å². The number of pyridine rings is 1. The molecule has 25 heavy (non-hydrogen) atoms. The normalized spacial score (nSPS) is 16.9. The molecule has 7 heteroatoms. The third-order valence-corrected chi connectivity index (χ3v) is 4.20. The van der Waals surface area contributed by atoms with E-state index in [1.54, 1.807) is 30.9 Å². The number of aromatic nitrogens is 3. The van der Waals surface area contributed by atoms with Gasteiger partial charge in [-0.15, -0.1) is 0 Å². The zero-order valence-corrected chi connectivity index (χ0v) is 13.6. The van der Waals surface area contributed by atoms with Crippen molar-refractivity contribution in [1.82, 2.24) is 20.3 Å². The van der Waals surface area contributed by atoms with Crippen molar-refractivity contribution >= 4 is 16.7 Å². The Morgan fingerprint density at radius 1 is 1.20 bits per heavy atom. The Hall–Kier alpha value is -2.80. The predicted molar refractivity (Wildman–Crippen MR) is 93.0 cm³/mol. The van der Waals surface area contributed by atoms with Gasteiger partial charge in [0.25, 0.3) is 0 Å². The number of rotatable bonds is 5. The lowest BCUT2D eigenvalue weighted by atomic mass is 10.1. The quantitative estimate of drug-likeness (QED) is 0.744. The van der Waals surface area contributed by atoms with Gasteiger partial charge in [0.1, 0.15) is 17.7 Å². The molecule has 2 aromatic heterocycles. The summed E-state index contributed by atoms with van der Waals surface area (Å²) in [4.78, 5) is 12.5. The first-order valence-electron chi connectivity index (χ1n) is 8.24. The summed E-state index contributed by atoms with van der Waals surface area (Å²) >= 11 is 0. The fraction of sp³-hybridized carbons (Fsp3) is 0.278. The van der Waals surface area contributed by atoms with Crippen molar-refractivity contribution in [1.29, 1.82) is 0 Å². The van der Waals surface area contributed by atoms with E-state index in [-0.39, 0.29) is 11.9 Å². The van der Waals surface area contributed by atoms with E-state index in [4.69, 9.17) is 4.74 Å². The van der Waals surface area contributed by atoms with Crippen molar-refractivity contribution in [3.63, 3.8) is 0 Å². The molecule has 0 radical (unpaired) electrons. The average molecular weight is 339 g/mol. The van der Waals surface area contributed by atoms with Gasteiger partial charge in [0.05, 0.1) is 22.9 Å². The summed E-state index contributed by atoms with van der Waals surface area (Å²) in [6.07, 6.45) is 7.65. The van der Waals surface area contributed by atoms with Crippen LogP contribution in [0.15, 0.2) is 43.0 Å². The number of hydrogen-bond donors (Lipinski definition) is 2. The smallest absolute Gasteiger partial charge is 0.146 e. The standard InChI is InChI=1S/C18H18FN5O/c19-14-8-16-15(22-5-6-23-16)7-12(14)9-24-17-11-21-4-2-18(17)25-13-1-3-20-10-13/h2,4-8,11,13,20,24H,1,3,9-10H2/t13-/m1/s1. The van der Waals surface area contributed by atoms with Crippen LogP contribution in [0.3, 0.4) is 0 Å². The molecule has 4 rings (SSSR count). The first kappa shape index (κ1) is 15.7. The first-order valence-corrected chi connectivity index (χ1v) is 8.24. The van der Waals surface area contributed by atoms with Crippen molar-refractivity contribution in [2.24, 2.45) is 0 Å². The largest absolute Gasteiger partial charge is 0.487 e. The molecular weight excluding hydrogens is 321 g/mol. The Bertz CT molecular complexity index is 882. The van der Waals surface area contributed by atoms with Crippen LogP contribution in [0.5, 0.6) is 5.75 Å². The van der Waals surface area contributed by atoms with Gasteiger partial charge in [-0.25, -0.2) is 4.39 Å². The van der Waals surface area contributed by atoms with Crippen LogP contribution >= 0.6 is 0 Å². The lowest BCUT2D eigenvalue weighted by molar-refractivity contribution is 0.224. The number of fused-ring (bicyclic) bond motifs is 1. The molecule has 0 bridgehead atoms. The van der Waals surface area contributed by atoms with Gasteiger partial charge < -0.3 is 15.4 Å². The van der Waals surface area contributed by atoms with Crippen LogP contribution in [-0.2, 0) is 6.54 Å².